The molecule has 3 aromatic rings. The van der Waals surface area contributed by atoms with E-state index in [9.17, 15) is 4.79 Å². The summed E-state index contributed by atoms with van der Waals surface area (Å²) in [5, 5.41) is 4.54. The highest BCUT2D eigenvalue weighted by Gasteiger charge is 2.14. The Kier molecular flexibility index (Phi) is 3.38. The molecular weight excluding hydrogens is 295 g/mol. The maximum Gasteiger partial charge on any atom is 0.257 e. The van der Waals surface area contributed by atoms with E-state index < -0.39 is 0 Å². The van der Waals surface area contributed by atoms with Crippen molar-refractivity contribution in [2.24, 2.45) is 0 Å². The molecule has 0 saturated carbocycles. The minimum absolute atomic E-state index is 0.256. The van der Waals surface area contributed by atoms with Gasteiger partial charge in [0.1, 0.15) is 0 Å². The van der Waals surface area contributed by atoms with Gasteiger partial charge in [0.2, 0.25) is 0 Å². The normalized spacial score (nSPS) is 10.7. The predicted octanol–water partition coefficient (Wildman–Crippen LogP) is 4.73. The van der Waals surface area contributed by atoms with E-state index in [1.807, 2.05) is 18.2 Å². The number of benzene rings is 2. The van der Waals surface area contributed by atoms with Crippen LogP contribution in [0.5, 0.6) is 0 Å². The minimum atomic E-state index is -0.256. The number of para-hydroxylation sites is 2. The molecule has 100 valence electrons. The van der Waals surface area contributed by atoms with Crippen LogP contribution in [0.3, 0.4) is 0 Å². The number of amides is 1. The third kappa shape index (κ3) is 2.26. The highest BCUT2D eigenvalue weighted by molar-refractivity contribution is 6.40. The second-order valence-electron chi connectivity index (χ2n) is 4.30. The monoisotopic (exact) mass is 304 g/mol. The average molecular weight is 305 g/mol. The number of rotatable bonds is 2. The summed E-state index contributed by atoms with van der Waals surface area (Å²) in [5.74, 6) is -0.256. The van der Waals surface area contributed by atoms with Crippen molar-refractivity contribution in [3.63, 3.8) is 0 Å². The molecule has 0 unspecified atom stereocenters. The second-order valence-corrected chi connectivity index (χ2v) is 5.11. The number of aromatic nitrogens is 1. The molecule has 1 amide bonds. The van der Waals surface area contributed by atoms with Crippen LogP contribution < -0.4 is 5.32 Å². The third-order valence-corrected chi connectivity index (χ3v) is 3.66. The van der Waals surface area contributed by atoms with Crippen LogP contribution in [0.1, 0.15) is 10.4 Å². The van der Waals surface area contributed by atoms with Crippen LogP contribution in [0.4, 0.5) is 5.69 Å². The van der Waals surface area contributed by atoms with Gasteiger partial charge in [0, 0.05) is 11.6 Å². The fourth-order valence-electron chi connectivity index (χ4n) is 2.07. The zero-order valence-corrected chi connectivity index (χ0v) is 11.8. The first-order valence-corrected chi connectivity index (χ1v) is 6.74. The third-order valence-electron chi connectivity index (χ3n) is 3.03. The molecule has 0 spiro atoms. The number of hydrogen-bond acceptors (Lipinski definition) is 1. The Labute approximate surface area is 125 Å². The number of fused-ring (bicyclic) bond motifs is 1. The van der Waals surface area contributed by atoms with Gasteiger partial charge in [-0.1, -0.05) is 41.4 Å². The summed E-state index contributed by atoms with van der Waals surface area (Å²) < 4.78 is 0. The van der Waals surface area contributed by atoms with Gasteiger partial charge >= 0.3 is 0 Å². The highest BCUT2D eigenvalue weighted by atomic mass is 35.5. The zero-order valence-electron chi connectivity index (χ0n) is 10.3. The average Bonchev–Trinajstić information content (AvgIpc) is 2.91. The molecule has 3 nitrogen and oxygen atoms in total. The first-order chi connectivity index (χ1) is 9.66. The van der Waals surface area contributed by atoms with Gasteiger partial charge in [-0.05, 0) is 24.3 Å². The molecule has 0 saturated heterocycles. The first-order valence-electron chi connectivity index (χ1n) is 5.98. The van der Waals surface area contributed by atoms with Crippen molar-refractivity contribution in [1.82, 2.24) is 4.98 Å². The van der Waals surface area contributed by atoms with E-state index in [0.717, 1.165) is 10.9 Å². The van der Waals surface area contributed by atoms with Crippen molar-refractivity contribution in [3.8, 4) is 0 Å². The van der Waals surface area contributed by atoms with Crippen LogP contribution in [0.2, 0.25) is 10.0 Å². The second kappa shape index (κ2) is 5.19. The highest BCUT2D eigenvalue weighted by Crippen LogP contribution is 2.30. The number of aromatic amines is 1. The number of carbonyl (C=O) groups is 1. The lowest BCUT2D eigenvalue weighted by Crippen LogP contribution is -2.13. The largest absolute Gasteiger partial charge is 0.361 e. The Hall–Kier alpha value is -1.97. The topological polar surface area (TPSA) is 44.9 Å². The molecule has 1 aromatic heterocycles. The van der Waals surface area contributed by atoms with Gasteiger partial charge in [-0.2, -0.15) is 0 Å². The van der Waals surface area contributed by atoms with E-state index in [0.29, 0.717) is 21.3 Å². The van der Waals surface area contributed by atoms with Gasteiger partial charge in [0.05, 0.1) is 26.8 Å². The fourth-order valence-corrected chi connectivity index (χ4v) is 2.56. The van der Waals surface area contributed by atoms with Crippen molar-refractivity contribution < 1.29 is 4.79 Å². The molecule has 2 N–H and O–H groups in total. The van der Waals surface area contributed by atoms with Crippen molar-refractivity contribution in [3.05, 3.63) is 64.3 Å². The van der Waals surface area contributed by atoms with Crippen LogP contribution in [-0.2, 0) is 0 Å². The standard InChI is InChI=1S/C15H10Cl2N2O/c16-11-5-2-6-12(17)14(11)19-15(20)10-4-1-3-9-7-8-18-13(9)10/h1-8,18H,(H,19,20). The summed E-state index contributed by atoms with van der Waals surface area (Å²) in [5.41, 5.74) is 1.75. The van der Waals surface area contributed by atoms with E-state index >= 15 is 0 Å². The Morgan fingerprint density at radius 2 is 1.70 bits per heavy atom. The Bertz CT molecular complexity index is 775. The zero-order chi connectivity index (χ0) is 14.1. The molecule has 0 aliphatic heterocycles. The number of nitrogens with one attached hydrogen (secondary N) is 2. The molecule has 0 aliphatic carbocycles. The van der Waals surface area contributed by atoms with Crippen molar-refractivity contribution in [2.45, 2.75) is 0 Å². The summed E-state index contributed by atoms with van der Waals surface area (Å²) in [6.07, 6.45) is 1.80. The lowest BCUT2D eigenvalue weighted by molar-refractivity contribution is 0.102. The van der Waals surface area contributed by atoms with Gasteiger partial charge in [0.15, 0.2) is 0 Å². The molecule has 5 heteroatoms. The van der Waals surface area contributed by atoms with Gasteiger partial charge in [-0.15, -0.1) is 0 Å². The molecule has 0 atom stereocenters. The van der Waals surface area contributed by atoms with Gasteiger partial charge in [-0.3, -0.25) is 4.79 Å². The summed E-state index contributed by atoms with van der Waals surface area (Å²) in [7, 11) is 0. The number of carbonyl (C=O) groups excluding carboxylic acids is 1. The quantitative estimate of drug-likeness (QED) is 0.706. The molecule has 2 aromatic carbocycles. The van der Waals surface area contributed by atoms with Gasteiger partial charge < -0.3 is 10.3 Å². The van der Waals surface area contributed by atoms with E-state index in [-0.39, 0.29) is 5.91 Å². The Morgan fingerprint density at radius 1 is 1.00 bits per heavy atom. The molecule has 0 bridgehead atoms. The minimum Gasteiger partial charge on any atom is -0.361 e. The number of halogens is 2. The van der Waals surface area contributed by atoms with E-state index in [4.69, 9.17) is 23.2 Å². The molecule has 0 radical (unpaired) electrons. The number of hydrogen-bond donors (Lipinski definition) is 2. The molecule has 1 heterocycles. The Morgan fingerprint density at radius 3 is 2.45 bits per heavy atom. The molecule has 0 fully saturated rings. The fraction of sp³-hybridized carbons (Fsp3) is 0. The summed E-state index contributed by atoms with van der Waals surface area (Å²) in [6, 6.07) is 12.5. The smallest absolute Gasteiger partial charge is 0.257 e. The summed E-state index contributed by atoms with van der Waals surface area (Å²) in [6.45, 7) is 0. The number of anilines is 1. The van der Waals surface area contributed by atoms with E-state index in [1.165, 1.54) is 0 Å². The molecule has 3 rings (SSSR count). The number of H-pyrrole nitrogens is 1. The lowest BCUT2D eigenvalue weighted by atomic mass is 10.1. The van der Waals surface area contributed by atoms with Crippen LogP contribution in [-0.4, -0.2) is 10.9 Å². The van der Waals surface area contributed by atoms with Crippen LogP contribution >= 0.6 is 23.2 Å². The first kappa shape index (κ1) is 13.0. The van der Waals surface area contributed by atoms with Gasteiger partial charge in [-0.25, -0.2) is 0 Å². The van der Waals surface area contributed by atoms with Crippen molar-refractivity contribution in [2.75, 3.05) is 5.32 Å². The van der Waals surface area contributed by atoms with Gasteiger partial charge in [0.25, 0.3) is 5.91 Å². The summed E-state index contributed by atoms with van der Waals surface area (Å²) >= 11 is 12.1. The lowest BCUT2D eigenvalue weighted by Gasteiger charge is -2.09. The maximum absolute atomic E-state index is 12.4. The summed E-state index contributed by atoms with van der Waals surface area (Å²) in [4.78, 5) is 15.4. The van der Waals surface area contributed by atoms with E-state index in [2.05, 4.69) is 10.3 Å². The van der Waals surface area contributed by atoms with Crippen molar-refractivity contribution in [1.29, 1.82) is 0 Å². The predicted molar refractivity (Wildman–Crippen MR) is 82.7 cm³/mol. The van der Waals surface area contributed by atoms with Crippen LogP contribution in [0.25, 0.3) is 10.9 Å². The SMILES string of the molecule is O=C(Nc1c(Cl)cccc1Cl)c1cccc2cc[nH]c12. The van der Waals surface area contributed by atoms with Crippen LogP contribution in [0.15, 0.2) is 48.7 Å². The molecular formula is C15H10Cl2N2O. The van der Waals surface area contributed by atoms with Crippen molar-refractivity contribution >= 4 is 45.7 Å². The van der Waals surface area contributed by atoms with Crippen LogP contribution in [0, 0.1) is 0 Å². The molecule has 0 aliphatic rings. The Balaban J connectivity index is 2.00. The maximum atomic E-state index is 12.4. The van der Waals surface area contributed by atoms with E-state index in [1.54, 1.807) is 30.5 Å². The molecule has 20 heavy (non-hydrogen) atoms.